The molecule has 0 bridgehead atoms. The number of thiophene rings is 1. The third kappa shape index (κ3) is 3.03. The molecule has 0 aromatic carbocycles. The summed E-state index contributed by atoms with van der Waals surface area (Å²) in [6, 6.07) is 8.36. The van der Waals surface area contributed by atoms with E-state index in [0.717, 1.165) is 31.7 Å². The molecule has 23 heavy (non-hydrogen) atoms. The first kappa shape index (κ1) is 14.8. The van der Waals surface area contributed by atoms with Crippen LogP contribution in [0.25, 0.3) is 0 Å². The van der Waals surface area contributed by atoms with Crippen LogP contribution in [-0.4, -0.2) is 40.3 Å². The van der Waals surface area contributed by atoms with Crippen LogP contribution in [0.15, 0.2) is 36.7 Å². The number of rotatable bonds is 4. The van der Waals surface area contributed by atoms with Gasteiger partial charge in [-0.15, -0.1) is 11.3 Å². The molecule has 5 heteroatoms. The number of carbonyl (C=O) groups is 1. The maximum absolute atomic E-state index is 12.7. The Morgan fingerprint density at radius 3 is 2.83 bits per heavy atom. The Morgan fingerprint density at radius 2 is 2.13 bits per heavy atom. The lowest BCUT2D eigenvalue weighted by molar-refractivity contribution is -0.131. The smallest absolute Gasteiger partial charge is 0.227 e. The minimum atomic E-state index is 0.188. The first-order valence-electron chi connectivity index (χ1n) is 8.14. The predicted molar refractivity (Wildman–Crippen MR) is 91.0 cm³/mol. The number of pyridine rings is 1. The van der Waals surface area contributed by atoms with E-state index in [1.807, 2.05) is 34.6 Å². The van der Waals surface area contributed by atoms with E-state index in [1.54, 1.807) is 6.20 Å². The molecule has 0 saturated carbocycles. The molecule has 0 spiro atoms. The molecular weight excluding hydrogens is 306 g/mol. The summed E-state index contributed by atoms with van der Waals surface area (Å²) in [5, 5.41) is 0. The highest BCUT2D eigenvalue weighted by Gasteiger charge is 2.45. The van der Waals surface area contributed by atoms with Gasteiger partial charge in [-0.3, -0.25) is 14.7 Å². The number of nitrogens with zero attached hydrogens (tertiary/aromatic N) is 3. The Labute approximate surface area is 140 Å². The maximum atomic E-state index is 12.7. The number of aromatic nitrogens is 1. The van der Waals surface area contributed by atoms with Crippen molar-refractivity contribution >= 4 is 17.2 Å². The summed E-state index contributed by atoms with van der Waals surface area (Å²) in [5.74, 6) is 0.997. The molecular formula is C18H21N3OS. The van der Waals surface area contributed by atoms with Crippen LogP contribution in [0.4, 0.5) is 0 Å². The molecule has 120 valence electrons. The fourth-order valence-electron chi connectivity index (χ4n) is 3.81. The number of fused-ring (bicyclic) bond motifs is 1. The van der Waals surface area contributed by atoms with E-state index in [9.17, 15) is 4.79 Å². The van der Waals surface area contributed by atoms with Gasteiger partial charge in [0.05, 0.1) is 5.92 Å². The van der Waals surface area contributed by atoms with Crippen LogP contribution in [0, 0.1) is 18.8 Å². The van der Waals surface area contributed by atoms with Crippen LogP contribution in [0.5, 0.6) is 0 Å². The quantitative estimate of drug-likeness (QED) is 0.866. The monoisotopic (exact) mass is 327 g/mol. The van der Waals surface area contributed by atoms with E-state index >= 15 is 0 Å². The van der Waals surface area contributed by atoms with E-state index in [0.29, 0.717) is 18.4 Å². The molecule has 0 N–H and O–H groups in total. The van der Waals surface area contributed by atoms with Gasteiger partial charge < -0.3 is 4.90 Å². The van der Waals surface area contributed by atoms with Crippen LogP contribution < -0.4 is 0 Å². The Morgan fingerprint density at radius 1 is 1.22 bits per heavy atom. The molecule has 2 aliphatic rings. The van der Waals surface area contributed by atoms with Crippen molar-refractivity contribution in [2.24, 2.45) is 11.8 Å². The Bertz CT molecular complexity index is 699. The van der Waals surface area contributed by atoms with Crippen molar-refractivity contribution < 1.29 is 4.79 Å². The van der Waals surface area contributed by atoms with Gasteiger partial charge in [0.15, 0.2) is 0 Å². The van der Waals surface area contributed by atoms with Crippen LogP contribution in [0.3, 0.4) is 0 Å². The van der Waals surface area contributed by atoms with Crippen molar-refractivity contribution in [3.63, 3.8) is 0 Å². The van der Waals surface area contributed by atoms with Crippen molar-refractivity contribution in [2.75, 3.05) is 19.6 Å². The lowest BCUT2D eigenvalue weighted by atomic mass is 10.0. The Kier molecular flexibility index (Phi) is 3.91. The van der Waals surface area contributed by atoms with Crippen molar-refractivity contribution in [2.45, 2.75) is 20.0 Å². The van der Waals surface area contributed by atoms with Gasteiger partial charge >= 0.3 is 0 Å². The average Bonchev–Trinajstić information content (AvgIpc) is 3.20. The summed E-state index contributed by atoms with van der Waals surface area (Å²) in [6.07, 6.45) is 3.63. The normalized spacial score (nSPS) is 24.4. The average molecular weight is 327 g/mol. The summed E-state index contributed by atoms with van der Waals surface area (Å²) in [5.41, 5.74) is 1.12. The highest BCUT2D eigenvalue weighted by molar-refractivity contribution is 7.11. The summed E-state index contributed by atoms with van der Waals surface area (Å²) in [7, 11) is 0. The minimum Gasteiger partial charge on any atom is -0.338 e. The van der Waals surface area contributed by atoms with Crippen molar-refractivity contribution in [1.29, 1.82) is 0 Å². The topological polar surface area (TPSA) is 36.4 Å². The summed E-state index contributed by atoms with van der Waals surface area (Å²) in [4.78, 5) is 24.0. The van der Waals surface area contributed by atoms with Crippen LogP contribution >= 0.6 is 11.3 Å². The molecule has 4 heterocycles. The number of carbonyl (C=O) groups excluding carboxylic acids is 1. The number of amides is 1. The Hall–Kier alpha value is -1.72. The molecule has 2 aromatic rings. The van der Waals surface area contributed by atoms with Gasteiger partial charge in [0.1, 0.15) is 0 Å². The molecule has 0 radical (unpaired) electrons. The first-order valence-corrected chi connectivity index (χ1v) is 8.96. The standard InChI is InChI=1S/C18H21N3OS/c1-13-4-5-16(23-13)11-20-9-15-10-21(18(22)17(15)12-20)8-14-3-2-6-19-7-14/h2-7,15,17H,8-12H2,1H3/t15-,17-/m1/s1. The molecule has 2 aromatic heterocycles. The molecule has 0 unspecified atom stereocenters. The van der Waals surface area contributed by atoms with Crippen molar-refractivity contribution in [3.8, 4) is 0 Å². The second-order valence-electron chi connectivity index (χ2n) is 6.65. The van der Waals surface area contributed by atoms with E-state index in [2.05, 4.69) is 28.9 Å². The van der Waals surface area contributed by atoms with Gasteiger partial charge in [-0.1, -0.05) is 6.07 Å². The van der Waals surface area contributed by atoms with Gasteiger partial charge in [0.2, 0.25) is 5.91 Å². The zero-order valence-corrected chi connectivity index (χ0v) is 14.1. The zero-order chi connectivity index (χ0) is 15.8. The number of hydrogen-bond donors (Lipinski definition) is 0. The van der Waals surface area contributed by atoms with E-state index in [4.69, 9.17) is 0 Å². The number of hydrogen-bond acceptors (Lipinski definition) is 4. The molecule has 4 rings (SSSR count). The molecule has 2 atom stereocenters. The fourth-order valence-corrected chi connectivity index (χ4v) is 4.74. The van der Waals surface area contributed by atoms with Gasteiger partial charge in [-0.05, 0) is 30.7 Å². The lowest BCUT2D eigenvalue weighted by Gasteiger charge is -2.21. The molecule has 2 fully saturated rings. The molecule has 2 saturated heterocycles. The summed E-state index contributed by atoms with van der Waals surface area (Å²) >= 11 is 1.86. The van der Waals surface area contributed by atoms with Crippen LogP contribution in [0.2, 0.25) is 0 Å². The fraction of sp³-hybridized carbons (Fsp3) is 0.444. The summed E-state index contributed by atoms with van der Waals surface area (Å²) in [6.45, 7) is 6.66. The lowest BCUT2D eigenvalue weighted by Crippen LogP contribution is -2.32. The molecule has 0 aliphatic carbocycles. The highest BCUT2D eigenvalue weighted by Crippen LogP contribution is 2.34. The zero-order valence-electron chi connectivity index (χ0n) is 13.3. The van der Waals surface area contributed by atoms with Gasteiger partial charge in [0.25, 0.3) is 0 Å². The van der Waals surface area contributed by atoms with Crippen LogP contribution in [0.1, 0.15) is 15.3 Å². The third-order valence-corrected chi connectivity index (χ3v) is 5.86. The molecule has 4 nitrogen and oxygen atoms in total. The van der Waals surface area contributed by atoms with E-state index in [-0.39, 0.29) is 5.92 Å². The third-order valence-electron chi connectivity index (χ3n) is 4.87. The van der Waals surface area contributed by atoms with Gasteiger partial charge in [-0.2, -0.15) is 0 Å². The van der Waals surface area contributed by atoms with Gasteiger partial charge in [-0.25, -0.2) is 0 Å². The number of aryl methyl sites for hydroxylation is 1. The molecule has 2 aliphatic heterocycles. The predicted octanol–water partition coefficient (Wildman–Crippen LogP) is 2.54. The Balaban J connectivity index is 1.37. The number of likely N-dealkylation sites (tertiary alicyclic amines) is 2. The molecule has 1 amide bonds. The van der Waals surface area contributed by atoms with Crippen molar-refractivity contribution in [1.82, 2.24) is 14.8 Å². The SMILES string of the molecule is Cc1ccc(CN2C[C@@H]3CN(Cc4cccnc4)C(=O)[C@@H]3C2)s1. The van der Waals surface area contributed by atoms with Crippen LogP contribution in [-0.2, 0) is 17.9 Å². The van der Waals surface area contributed by atoms with Gasteiger partial charge in [0, 0.05) is 60.8 Å². The second-order valence-corrected chi connectivity index (χ2v) is 8.03. The van der Waals surface area contributed by atoms with Crippen molar-refractivity contribution in [3.05, 3.63) is 52.0 Å². The second kappa shape index (κ2) is 6.06. The largest absolute Gasteiger partial charge is 0.338 e. The minimum absolute atomic E-state index is 0.188. The first-order chi connectivity index (χ1) is 11.2. The summed E-state index contributed by atoms with van der Waals surface area (Å²) < 4.78 is 0. The van der Waals surface area contributed by atoms with E-state index in [1.165, 1.54) is 9.75 Å². The highest BCUT2D eigenvalue weighted by atomic mass is 32.1. The maximum Gasteiger partial charge on any atom is 0.227 e. The van der Waals surface area contributed by atoms with E-state index < -0.39 is 0 Å².